The number of rotatable bonds is 5. The molecule has 1 amide bonds. The first kappa shape index (κ1) is 18.3. The summed E-state index contributed by atoms with van der Waals surface area (Å²) in [6.07, 6.45) is 0. The van der Waals surface area contributed by atoms with Crippen molar-refractivity contribution in [2.75, 3.05) is 11.9 Å². The molecular formula is C21H15F2NO3. The minimum Gasteiger partial charge on any atom is -0.452 e. The normalized spacial score (nSPS) is 10.3. The zero-order valence-corrected chi connectivity index (χ0v) is 14.1. The topological polar surface area (TPSA) is 55.4 Å². The Morgan fingerprint density at radius 2 is 1.56 bits per heavy atom. The van der Waals surface area contributed by atoms with Gasteiger partial charge in [0.2, 0.25) is 0 Å². The van der Waals surface area contributed by atoms with E-state index in [4.69, 9.17) is 4.74 Å². The molecule has 0 saturated heterocycles. The van der Waals surface area contributed by atoms with Crippen LogP contribution in [-0.4, -0.2) is 18.5 Å². The van der Waals surface area contributed by atoms with Crippen molar-refractivity contribution in [1.29, 1.82) is 0 Å². The Balaban J connectivity index is 1.66. The lowest BCUT2D eigenvalue weighted by Gasteiger charge is -2.10. The molecule has 0 aliphatic heterocycles. The van der Waals surface area contributed by atoms with E-state index in [-0.39, 0.29) is 5.69 Å². The molecule has 0 atom stereocenters. The van der Waals surface area contributed by atoms with E-state index in [0.29, 0.717) is 11.1 Å². The van der Waals surface area contributed by atoms with E-state index in [1.54, 1.807) is 24.3 Å². The van der Waals surface area contributed by atoms with Gasteiger partial charge in [-0.2, -0.15) is 0 Å². The molecule has 0 bridgehead atoms. The third-order valence-corrected chi connectivity index (χ3v) is 3.77. The molecule has 0 spiro atoms. The summed E-state index contributed by atoms with van der Waals surface area (Å²) in [6, 6.07) is 19.1. The van der Waals surface area contributed by atoms with Crippen molar-refractivity contribution in [3.63, 3.8) is 0 Å². The highest BCUT2D eigenvalue weighted by Crippen LogP contribution is 2.24. The van der Waals surface area contributed by atoms with Crippen molar-refractivity contribution in [3.05, 3.63) is 90.0 Å². The van der Waals surface area contributed by atoms with Gasteiger partial charge in [-0.25, -0.2) is 13.6 Å². The van der Waals surface area contributed by atoms with Gasteiger partial charge in [0.15, 0.2) is 18.2 Å². The molecule has 0 heterocycles. The lowest BCUT2D eigenvalue weighted by Crippen LogP contribution is -2.21. The molecule has 0 aromatic heterocycles. The minimum atomic E-state index is -1.08. The third-order valence-electron chi connectivity index (χ3n) is 3.77. The average Bonchev–Trinajstić information content (AvgIpc) is 2.69. The lowest BCUT2D eigenvalue weighted by atomic mass is 10.00. The molecule has 0 radical (unpaired) electrons. The number of halogens is 2. The Morgan fingerprint density at radius 1 is 0.852 bits per heavy atom. The lowest BCUT2D eigenvalue weighted by molar-refractivity contribution is -0.119. The number of carbonyl (C=O) groups is 2. The van der Waals surface area contributed by atoms with Crippen molar-refractivity contribution in [1.82, 2.24) is 0 Å². The van der Waals surface area contributed by atoms with Crippen LogP contribution in [0.5, 0.6) is 0 Å². The predicted octanol–water partition coefficient (Wildman–Crippen LogP) is 4.43. The number of benzene rings is 3. The fourth-order valence-electron chi connectivity index (χ4n) is 2.51. The Hall–Kier alpha value is -3.54. The van der Waals surface area contributed by atoms with E-state index in [9.17, 15) is 18.4 Å². The average molecular weight is 367 g/mol. The summed E-state index contributed by atoms with van der Waals surface area (Å²) < 4.78 is 31.1. The Morgan fingerprint density at radius 3 is 2.30 bits per heavy atom. The predicted molar refractivity (Wildman–Crippen MR) is 97.1 cm³/mol. The first-order valence-electron chi connectivity index (χ1n) is 8.11. The smallest absolute Gasteiger partial charge is 0.339 e. The summed E-state index contributed by atoms with van der Waals surface area (Å²) in [6.45, 7) is -0.555. The first-order valence-corrected chi connectivity index (χ1v) is 8.11. The second-order valence-corrected chi connectivity index (χ2v) is 5.66. The van der Waals surface area contributed by atoms with Gasteiger partial charge in [-0.15, -0.1) is 0 Å². The number of ether oxygens (including phenoxy) is 1. The van der Waals surface area contributed by atoms with E-state index in [2.05, 4.69) is 5.32 Å². The van der Waals surface area contributed by atoms with Crippen molar-refractivity contribution in [2.24, 2.45) is 0 Å². The van der Waals surface area contributed by atoms with Crippen LogP contribution in [0.2, 0.25) is 0 Å². The molecule has 0 unspecified atom stereocenters. The van der Waals surface area contributed by atoms with Gasteiger partial charge in [0.05, 0.1) is 5.56 Å². The molecule has 4 nitrogen and oxygen atoms in total. The van der Waals surface area contributed by atoms with E-state index in [1.807, 2.05) is 30.3 Å². The number of carbonyl (C=O) groups excluding carboxylic acids is 2. The van der Waals surface area contributed by atoms with Gasteiger partial charge in [0.25, 0.3) is 5.91 Å². The fourth-order valence-corrected chi connectivity index (χ4v) is 2.51. The summed E-state index contributed by atoms with van der Waals surface area (Å²) in [4.78, 5) is 24.3. The molecule has 0 fully saturated rings. The molecule has 136 valence electrons. The van der Waals surface area contributed by atoms with Crippen LogP contribution >= 0.6 is 0 Å². The molecule has 0 saturated carbocycles. The van der Waals surface area contributed by atoms with E-state index in [1.165, 1.54) is 6.07 Å². The number of anilines is 1. The zero-order valence-electron chi connectivity index (χ0n) is 14.1. The highest BCUT2D eigenvalue weighted by Gasteiger charge is 2.15. The van der Waals surface area contributed by atoms with E-state index in [0.717, 1.165) is 17.7 Å². The van der Waals surface area contributed by atoms with Gasteiger partial charge < -0.3 is 10.1 Å². The van der Waals surface area contributed by atoms with Crippen molar-refractivity contribution < 1.29 is 23.1 Å². The maximum Gasteiger partial charge on any atom is 0.339 e. The fraction of sp³-hybridized carbons (Fsp3) is 0.0476. The van der Waals surface area contributed by atoms with Gasteiger partial charge >= 0.3 is 5.97 Å². The van der Waals surface area contributed by atoms with Crippen molar-refractivity contribution >= 4 is 17.6 Å². The number of esters is 1. The highest BCUT2D eigenvalue weighted by molar-refractivity contribution is 5.99. The Labute approximate surface area is 154 Å². The van der Waals surface area contributed by atoms with Crippen LogP contribution in [0, 0.1) is 11.6 Å². The number of nitrogens with one attached hydrogen (secondary N) is 1. The van der Waals surface area contributed by atoms with Crippen LogP contribution < -0.4 is 5.32 Å². The molecule has 3 aromatic rings. The van der Waals surface area contributed by atoms with Gasteiger partial charge in [-0.05, 0) is 29.3 Å². The Kier molecular flexibility index (Phi) is 5.56. The van der Waals surface area contributed by atoms with Crippen LogP contribution in [0.1, 0.15) is 10.4 Å². The molecule has 3 rings (SSSR count). The number of hydrogen-bond donors (Lipinski definition) is 1. The molecule has 1 N–H and O–H groups in total. The van der Waals surface area contributed by atoms with E-state index < -0.39 is 30.1 Å². The summed E-state index contributed by atoms with van der Waals surface area (Å²) in [5.41, 5.74) is 1.92. The second kappa shape index (κ2) is 8.23. The van der Waals surface area contributed by atoms with E-state index >= 15 is 0 Å². The van der Waals surface area contributed by atoms with Crippen LogP contribution in [0.3, 0.4) is 0 Å². The number of amides is 1. The highest BCUT2D eigenvalue weighted by atomic mass is 19.2. The summed E-state index contributed by atoms with van der Waals surface area (Å²) in [5.74, 6) is -3.42. The maximum atomic E-state index is 13.2. The molecule has 0 aliphatic carbocycles. The standard InChI is InChI=1S/C21H15F2NO3/c22-18-11-10-15(12-19(18)23)24-20(25)13-27-21(26)17-9-5-4-8-16(17)14-6-2-1-3-7-14/h1-12H,13H2,(H,24,25). The van der Waals surface area contributed by atoms with Crippen LogP contribution in [0.15, 0.2) is 72.8 Å². The van der Waals surface area contributed by atoms with Crippen LogP contribution in [0.25, 0.3) is 11.1 Å². The number of hydrogen-bond acceptors (Lipinski definition) is 3. The summed E-state index contributed by atoms with van der Waals surface area (Å²) in [5, 5.41) is 2.34. The Bertz CT molecular complexity index is 974. The SMILES string of the molecule is O=C(COC(=O)c1ccccc1-c1ccccc1)Nc1ccc(F)c(F)c1. The van der Waals surface area contributed by atoms with Crippen molar-refractivity contribution in [2.45, 2.75) is 0 Å². The monoisotopic (exact) mass is 367 g/mol. The van der Waals surface area contributed by atoms with Crippen LogP contribution in [0.4, 0.5) is 14.5 Å². The third kappa shape index (κ3) is 4.55. The molecule has 3 aromatic carbocycles. The first-order chi connectivity index (χ1) is 13.0. The molecule has 0 aliphatic rings. The summed E-state index contributed by atoms with van der Waals surface area (Å²) >= 11 is 0. The van der Waals surface area contributed by atoms with Crippen LogP contribution in [-0.2, 0) is 9.53 Å². The quantitative estimate of drug-likeness (QED) is 0.679. The maximum absolute atomic E-state index is 13.2. The largest absolute Gasteiger partial charge is 0.452 e. The molecule has 27 heavy (non-hydrogen) atoms. The van der Waals surface area contributed by atoms with Gasteiger partial charge in [0, 0.05) is 11.8 Å². The van der Waals surface area contributed by atoms with Gasteiger partial charge in [-0.3, -0.25) is 4.79 Å². The van der Waals surface area contributed by atoms with Gasteiger partial charge in [0.1, 0.15) is 0 Å². The molecule has 6 heteroatoms. The van der Waals surface area contributed by atoms with Crippen molar-refractivity contribution in [3.8, 4) is 11.1 Å². The zero-order chi connectivity index (χ0) is 19.2. The molecular weight excluding hydrogens is 352 g/mol. The minimum absolute atomic E-state index is 0.0691. The second-order valence-electron chi connectivity index (χ2n) is 5.66. The summed E-state index contributed by atoms with van der Waals surface area (Å²) in [7, 11) is 0. The van der Waals surface area contributed by atoms with Gasteiger partial charge in [-0.1, -0.05) is 48.5 Å².